The number of hydrogen-bond donors (Lipinski definition) is 11. The van der Waals surface area contributed by atoms with Gasteiger partial charge in [-0.2, -0.15) is 0 Å². The summed E-state index contributed by atoms with van der Waals surface area (Å²) in [4.78, 5) is 120. The molecule has 0 rings (SSSR count). The molecule has 0 saturated carbocycles. The maximum atomic E-state index is 13.3. The first-order valence-corrected chi connectivity index (χ1v) is 21.6. The molecule has 6 amide bonds. The van der Waals surface area contributed by atoms with Gasteiger partial charge in [0, 0.05) is 32.5 Å². The van der Waals surface area contributed by atoms with Gasteiger partial charge < -0.3 is 67.5 Å². The van der Waals surface area contributed by atoms with Crippen molar-refractivity contribution in [2.24, 2.45) is 5.73 Å². The van der Waals surface area contributed by atoms with Crippen molar-refractivity contribution < 1.29 is 77.8 Å². The lowest BCUT2D eigenvalue weighted by atomic mass is 10.1. The molecule has 24 heteroatoms. The average Bonchev–Trinajstić information content (AvgIpc) is 3.21. The number of carbonyl (C=O) groups is 10. The van der Waals surface area contributed by atoms with Crippen LogP contribution in [0, 0.1) is 0 Å². The smallest absolute Gasteiger partial charge is 0.317 e. The normalized spacial score (nSPS) is 12.3. The van der Waals surface area contributed by atoms with Gasteiger partial charge >= 0.3 is 23.9 Å². The van der Waals surface area contributed by atoms with E-state index in [0.29, 0.717) is 19.4 Å². The van der Waals surface area contributed by atoms with Gasteiger partial charge in [0.25, 0.3) is 0 Å². The molecule has 0 spiro atoms. The van der Waals surface area contributed by atoms with Crippen LogP contribution in [0.2, 0.25) is 0 Å². The molecule has 0 fully saturated rings. The number of carbonyl (C=O) groups excluding carboxylic acids is 6. The summed E-state index contributed by atoms with van der Waals surface area (Å²) < 4.78 is 10.7. The van der Waals surface area contributed by atoms with Crippen LogP contribution in [0.3, 0.4) is 0 Å². The van der Waals surface area contributed by atoms with Gasteiger partial charge in [0.1, 0.15) is 18.7 Å². The Morgan fingerprint density at radius 2 is 1.05 bits per heavy atom. The van der Waals surface area contributed by atoms with Gasteiger partial charge in [-0.1, -0.05) is 51.4 Å². The summed E-state index contributed by atoms with van der Waals surface area (Å²) in [5.41, 5.74) is 5.49. The maximum Gasteiger partial charge on any atom is 0.317 e. The van der Waals surface area contributed by atoms with Crippen molar-refractivity contribution in [3.05, 3.63) is 0 Å². The van der Waals surface area contributed by atoms with E-state index >= 15 is 0 Å². The monoisotopic (exact) mass is 918 g/mol. The van der Waals surface area contributed by atoms with E-state index in [1.54, 1.807) is 0 Å². The predicted molar refractivity (Wildman–Crippen MR) is 227 cm³/mol. The van der Waals surface area contributed by atoms with Crippen molar-refractivity contribution in [1.29, 1.82) is 0 Å². The zero-order valence-corrected chi connectivity index (χ0v) is 36.8. The van der Waals surface area contributed by atoms with E-state index in [1.807, 2.05) is 0 Å². The molecule has 0 heterocycles. The van der Waals surface area contributed by atoms with Crippen LogP contribution in [0.1, 0.15) is 103 Å². The van der Waals surface area contributed by atoms with Gasteiger partial charge in [0.15, 0.2) is 0 Å². The zero-order valence-electron chi connectivity index (χ0n) is 36.8. The highest BCUT2D eigenvalue weighted by Crippen LogP contribution is 2.12. The number of rotatable bonds is 42. The van der Waals surface area contributed by atoms with Crippen LogP contribution in [0.4, 0.5) is 0 Å². The van der Waals surface area contributed by atoms with Crippen LogP contribution >= 0.6 is 0 Å². The first kappa shape index (κ1) is 58.5. The summed E-state index contributed by atoms with van der Waals surface area (Å²) in [6, 6.07) is -4.15. The molecule has 0 aliphatic carbocycles. The van der Waals surface area contributed by atoms with E-state index in [1.165, 1.54) is 7.05 Å². The SMILES string of the molecule is CN[C@@H](CC(=O)O)C(=O)N[C@@H](CNC(=O)CN(CC(=O)O)CC(=O)O)C(=O)N[C@@H](CCCCNC(=O)COCCOCCNC(=O)CCCCCCCCCCCCC(=O)O)C(N)=O. The van der Waals surface area contributed by atoms with Crippen molar-refractivity contribution in [2.75, 3.05) is 72.7 Å². The van der Waals surface area contributed by atoms with Crippen LogP contribution < -0.4 is 37.6 Å². The third-order valence-electron chi connectivity index (χ3n) is 9.38. The molecule has 0 aromatic carbocycles. The van der Waals surface area contributed by atoms with E-state index < -0.39 is 104 Å². The number of carboxylic acids is 4. The molecule has 12 N–H and O–H groups in total. The Kier molecular flexibility index (Phi) is 33.8. The highest BCUT2D eigenvalue weighted by molar-refractivity contribution is 5.94. The van der Waals surface area contributed by atoms with Gasteiger partial charge in [-0.3, -0.25) is 52.8 Å². The highest BCUT2D eigenvalue weighted by Gasteiger charge is 2.29. The topological polar surface area (TPSA) is 372 Å². The number of ether oxygens (including phenoxy) is 2. The van der Waals surface area contributed by atoms with Gasteiger partial charge in [-0.15, -0.1) is 0 Å². The lowest BCUT2D eigenvalue weighted by molar-refractivity contribution is -0.143. The molecule has 64 heavy (non-hydrogen) atoms. The lowest BCUT2D eigenvalue weighted by Gasteiger charge is -2.24. The maximum absolute atomic E-state index is 13.3. The van der Waals surface area contributed by atoms with Gasteiger partial charge in [0.2, 0.25) is 35.4 Å². The third-order valence-corrected chi connectivity index (χ3v) is 9.38. The molecular weight excluding hydrogens is 848 g/mol. The summed E-state index contributed by atoms with van der Waals surface area (Å²) in [5, 5.41) is 50.7. The van der Waals surface area contributed by atoms with Crippen molar-refractivity contribution in [1.82, 2.24) is 36.8 Å². The molecular formula is C40H70N8O16. The number of primary amides is 1. The van der Waals surface area contributed by atoms with Crippen LogP contribution in [0.25, 0.3) is 0 Å². The second kappa shape index (κ2) is 37.0. The number of nitrogens with one attached hydrogen (secondary N) is 6. The molecule has 0 aliphatic heterocycles. The minimum atomic E-state index is -1.59. The summed E-state index contributed by atoms with van der Waals surface area (Å²) >= 11 is 0. The molecule has 0 aromatic rings. The summed E-state index contributed by atoms with van der Waals surface area (Å²) in [6.45, 7) is -1.97. The molecule has 0 saturated heterocycles. The molecule has 24 nitrogen and oxygen atoms in total. The second-order valence-electron chi connectivity index (χ2n) is 15.0. The number of aliphatic carboxylic acids is 4. The van der Waals surface area contributed by atoms with E-state index in [9.17, 15) is 47.9 Å². The predicted octanol–water partition coefficient (Wildman–Crippen LogP) is -1.71. The molecule has 0 radical (unpaired) electrons. The molecule has 366 valence electrons. The molecule has 3 atom stereocenters. The van der Waals surface area contributed by atoms with Crippen LogP contribution in [0.5, 0.6) is 0 Å². The van der Waals surface area contributed by atoms with Crippen molar-refractivity contribution >= 4 is 59.3 Å². The Labute approximate surface area is 372 Å². The van der Waals surface area contributed by atoms with E-state index in [-0.39, 0.29) is 58.1 Å². The summed E-state index contributed by atoms with van der Waals surface area (Å²) in [5.74, 6) is -9.10. The van der Waals surface area contributed by atoms with E-state index in [0.717, 1.165) is 69.1 Å². The average molecular weight is 919 g/mol. The van der Waals surface area contributed by atoms with Gasteiger partial charge in [-0.25, -0.2) is 0 Å². The number of unbranched alkanes of at least 4 members (excludes halogenated alkanes) is 10. The standard InChI is InChI=1S/C40H70N8O16/c1-42-29(22-35(54)55)39(61)47-30(23-45-32(50)24-48(25-36(56)57)26-37(58)59)40(62)46-28(38(41)60)14-12-13-17-43-33(51)27-64-21-20-63-19-18-44-31(49)15-10-8-6-4-2-3-5-7-9-11-16-34(52)53/h28-30,42H,2-27H2,1H3,(H2,41,60)(H,43,51)(H,44,49)(H,45,50)(H,46,62)(H,47,61)(H,52,53)(H,54,55)(H,56,57)(H,58,59)/t28-,29-,30-/m0/s1. The number of likely N-dealkylation sites (N-methyl/N-ethyl adjacent to an activating group) is 1. The largest absolute Gasteiger partial charge is 0.481 e. The van der Waals surface area contributed by atoms with Crippen molar-refractivity contribution in [3.8, 4) is 0 Å². The Morgan fingerprint density at radius 3 is 1.59 bits per heavy atom. The van der Waals surface area contributed by atoms with Crippen molar-refractivity contribution in [2.45, 2.75) is 121 Å². The quantitative estimate of drug-likeness (QED) is 0.0304. The number of nitrogens with zero attached hydrogens (tertiary/aromatic N) is 1. The summed E-state index contributed by atoms with van der Waals surface area (Å²) in [7, 11) is 1.30. The first-order chi connectivity index (χ1) is 30.4. The molecule has 0 aliphatic rings. The fourth-order valence-electron chi connectivity index (χ4n) is 6.03. The third kappa shape index (κ3) is 34.1. The van der Waals surface area contributed by atoms with Gasteiger partial charge in [0.05, 0.1) is 51.9 Å². The zero-order chi connectivity index (χ0) is 48.1. The van der Waals surface area contributed by atoms with E-state index in [4.69, 9.17) is 35.6 Å². The minimum Gasteiger partial charge on any atom is -0.481 e. The van der Waals surface area contributed by atoms with Crippen LogP contribution in [-0.2, 0) is 57.4 Å². The molecule has 0 unspecified atom stereocenters. The fourth-order valence-corrected chi connectivity index (χ4v) is 6.03. The van der Waals surface area contributed by atoms with E-state index in [2.05, 4.69) is 31.9 Å². The number of carboxylic acid groups (broad SMARTS) is 4. The Hall–Kier alpha value is -5.46. The van der Waals surface area contributed by atoms with Crippen LogP contribution in [0.15, 0.2) is 0 Å². The lowest BCUT2D eigenvalue weighted by Crippen LogP contribution is -2.59. The number of hydrogen-bond acceptors (Lipinski definition) is 14. The van der Waals surface area contributed by atoms with Gasteiger partial charge in [-0.05, 0) is 39.2 Å². The molecule has 0 bridgehead atoms. The molecule has 0 aromatic heterocycles. The summed E-state index contributed by atoms with van der Waals surface area (Å²) in [6.07, 6.45) is 10.9. The Bertz CT molecular complexity index is 1450. The van der Waals surface area contributed by atoms with Crippen LogP contribution in [-0.4, -0.2) is 176 Å². The fraction of sp³-hybridized carbons (Fsp3) is 0.750. The number of amides is 6. The Morgan fingerprint density at radius 1 is 0.516 bits per heavy atom. The number of nitrogens with two attached hydrogens (primary N) is 1. The highest BCUT2D eigenvalue weighted by atomic mass is 16.5. The first-order valence-electron chi connectivity index (χ1n) is 21.6. The second-order valence-corrected chi connectivity index (χ2v) is 15.0. The van der Waals surface area contributed by atoms with Crippen molar-refractivity contribution in [3.63, 3.8) is 0 Å². The minimum absolute atomic E-state index is 0.0115. The Balaban J connectivity index is 4.50.